The maximum absolute atomic E-state index is 11.9. The van der Waals surface area contributed by atoms with Gasteiger partial charge in [-0.25, -0.2) is 0 Å². The molecular weight excluding hydrogens is 445 g/mol. The number of carbonyl (C=O) groups excluding carboxylic acids is 2. The average molecular weight is 457 g/mol. The molecule has 0 saturated heterocycles. The van der Waals surface area contributed by atoms with Gasteiger partial charge in [0, 0.05) is 18.9 Å². The molecule has 9 heteroatoms. The normalized spacial score (nSPS) is 10.5. The van der Waals surface area contributed by atoms with E-state index in [2.05, 4.69) is 0 Å². The zero-order valence-electron chi connectivity index (χ0n) is 13.0. The van der Waals surface area contributed by atoms with Gasteiger partial charge < -0.3 is 9.47 Å². The molecule has 0 atom stereocenters. The van der Waals surface area contributed by atoms with Crippen LogP contribution >= 0.6 is 58.0 Å². The van der Waals surface area contributed by atoms with Crippen LogP contribution in [-0.4, -0.2) is 11.9 Å². The Balaban J connectivity index is 1.82. The summed E-state index contributed by atoms with van der Waals surface area (Å²) in [5.41, 5.74) is 0. The molecule has 0 N–H and O–H groups in total. The molecule has 0 aliphatic rings. The third kappa shape index (κ3) is 5.93. The minimum absolute atomic E-state index is 0.00690. The highest BCUT2D eigenvalue weighted by Gasteiger charge is 2.14. The number of benzene rings is 2. The van der Waals surface area contributed by atoms with Gasteiger partial charge in [-0.05, 0) is 24.6 Å². The standard InChI is InChI=1S/C17H11Cl5O4/c18-9-3-1-4-13(17(9)22)25-15(23)5-2-6-16(24)26-14-8-11(20)10(19)7-12(14)21/h1,3-4,7-8H,2,5-6H2. The van der Waals surface area contributed by atoms with Crippen molar-refractivity contribution in [3.63, 3.8) is 0 Å². The van der Waals surface area contributed by atoms with Gasteiger partial charge in [-0.1, -0.05) is 64.1 Å². The van der Waals surface area contributed by atoms with Crippen molar-refractivity contribution in [3.05, 3.63) is 55.4 Å². The first-order valence-corrected chi connectivity index (χ1v) is 9.17. The Kier molecular flexibility index (Phi) is 7.86. The van der Waals surface area contributed by atoms with Gasteiger partial charge in [-0.2, -0.15) is 0 Å². The lowest BCUT2D eigenvalue weighted by atomic mass is 10.2. The minimum Gasteiger partial charge on any atom is -0.425 e. The van der Waals surface area contributed by atoms with Gasteiger partial charge in [-0.3, -0.25) is 9.59 Å². The summed E-state index contributed by atoms with van der Waals surface area (Å²) in [6, 6.07) is 7.42. The molecule has 2 aromatic carbocycles. The van der Waals surface area contributed by atoms with Crippen LogP contribution in [0.3, 0.4) is 0 Å². The molecule has 0 amide bonds. The molecule has 2 aromatic rings. The van der Waals surface area contributed by atoms with E-state index >= 15 is 0 Å². The first kappa shape index (κ1) is 21.1. The molecule has 2 rings (SSSR count). The van der Waals surface area contributed by atoms with Crippen molar-refractivity contribution in [2.75, 3.05) is 0 Å². The van der Waals surface area contributed by atoms with E-state index in [-0.39, 0.29) is 55.9 Å². The molecule has 0 bridgehead atoms. The van der Waals surface area contributed by atoms with Gasteiger partial charge in [0.2, 0.25) is 0 Å². The molecule has 138 valence electrons. The summed E-state index contributed by atoms with van der Waals surface area (Å²) in [6.07, 6.45) is 0.191. The summed E-state index contributed by atoms with van der Waals surface area (Å²) in [5, 5.41) is 1.04. The quantitative estimate of drug-likeness (QED) is 0.278. The molecule has 0 heterocycles. The smallest absolute Gasteiger partial charge is 0.311 e. The Morgan fingerprint density at radius 2 is 1.31 bits per heavy atom. The summed E-state index contributed by atoms with van der Waals surface area (Å²) in [5.74, 6) is -0.859. The molecule has 4 nitrogen and oxygen atoms in total. The first-order valence-electron chi connectivity index (χ1n) is 7.28. The van der Waals surface area contributed by atoms with Gasteiger partial charge in [0.25, 0.3) is 0 Å². The number of esters is 2. The summed E-state index contributed by atoms with van der Waals surface area (Å²) in [6.45, 7) is 0. The Labute approximate surface area is 174 Å². The minimum atomic E-state index is -0.570. The fourth-order valence-corrected chi connectivity index (χ4v) is 2.78. The summed E-state index contributed by atoms with van der Waals surface area (Å²) >= 11 is 29.4. The van der Waals surface area contributed by atoms with Gasteiger partial charge in [0.1, 0.15) is 5.02 Å². The van der Waals surface area contributed by atoms with Gasteiger partial charge in [0.05, 0.1) is 20.1 Å². The number of halogens is 5. The van der Waals surface area contributed by atoms with Crippen molar-refractivity contribution < 1.29 is 19.1 Å². The third-order valence-electron chi connectivity index (χ3n) is 3.10. The van der Waals surface area contributed by atoms with Crippen molar-refractivity contribution >= 4 is 69.9 Å². The molecule has 0 spiro atoms. The number of carbonyl (C=O) groups is 2. The molecule has 0 aromatic heterocycles. The van der Waals surface area contributed by atoms with E-state index in [1.807, 2.05) is 0 Å². The lowest BCUT2D eigenvalue weighted by molar-refractivity contribution is -0.136. The largest absolute Gasteiger partial charge is 0.425 e. The summed E-state index contributed by atoms with van der Waals surface area (Å²) < 4.78 is 10.2. The Morgan fingerprint density at radius 3 is 1.96 bits per heavy atom. The van der Waals surface area contributed by atoms with Crippen LogP contribution in [-0.2, 0) is 9.59 Å². The maximum atomic E-state index is 11.9. The lowest BCUT2D eigenvalue weighted by Gasteiger charge is -2.08. The molecular formula is C17H11Cl5O4. The van der Waals surface area contributed by atoms with Crippen molar-refractivity contribution in [2.45, 2.75) is 19.3 Å². The molecule has 0 aliphatic carbocycles. The molecule has 0 saturated carbocycles. The SMILES string of the molecule is O=C(CCCC(=O)Oc1cccc(Cl)c1Cl)Oc1cc(Cl)c(Cl)cc1Cl. The molecule has 0 fully saturated rings. The van der Waals surface area contributed by atoms with E-state index in [1.165, 1.54) is 18.2 Å². The van der Waals surface area contributed by atoms with Gasteiger partial charge in [-0.15, -0.1) is 0 Å². The Morgan fingerprint density at radius 1 is 0.731 bits per heavy atom. The number of hydrogen-bond donors (Lipinski definition) is 0. The van der Waals surface area contributed by atoms with E-state index in [0.29, 0.717) is 0 Å². The lowest BCUT2D eigenvalue weighted by Crippen LogP contribution is -2.12. The number of ether oxygens (including phenoxy) is 2. The van der Waals surface area contributed by atoms with Crippen molar-refractivity contribution in [2.24, 2.45) is 0 Å². The van der Waals surface area contributed by atoms with E-state index in [4.69, 9.17) is 67.5 Å². The van der Waals surface area contributed by atoms with Gasteiger partial charge in [0.15, 0.2) is 11.5 Å². The number of hydrogen-bond acceptors (Lipinski definition) is 4. The Bertz CT molecular complexity index is 838. The second-order valence-electron chi connectivity index (χ2n) is 5.05. The van der Waals surface area contributed by atoms with Crippen LogP contribution in [0.15, 0.2) is 30.3 Å². The van der Waals surface area contributed by atoms with Crippen molar-refractivity contribution in [3.8, 4) is 11.5 Å². The van der Waals surface area contributed by atoms with Crippen molar-refractivity contribution in [1.29, 1.82) is 0 Å². The highest BCUT2D eigenvalue weighted by Crippen LogP contribution is 2.34. The van der Waals surface area contributed by atoms with E-state index in [9.17, 15) is 9.59 Å². The van der Waals surface area contributed by atoms with Crippen LogP contribution in [0.5, 0.6) is 11.5 Å². The van der Waals surface area contributed by atoms with E-state index in [1.54, 1.807) is 12.1 Å². The van der Waals surface area contributed by atoms with Crippen LogP contribution < -0.4 is 9.47 Å². The second-order valence-corrected chi connectivity index (χ2v) is 7.06. The van der Waals surface area contributed by atoms with E-state index < -0.39 is 11.9 Å². The molecule has 0 aliphatic heterocycles. The zero-order valence-corrected chi connectivity index (χ0v) is 16.8. The van der Waals surface area contributed by atoms with Crippen molar-refractivity contribution in [1.82, 2.24) is 0 Å². The fourth-order valence-electron chi connectivity index (χ4n) is 1.87. The van der Waals surface area contributed by atoms with Crippen LogP contribution in [0, 0.1) is 0 Å². The Hall–Kier alpha value is -1.17. The van der Waals surface area contributed by atoms with Crippen LogP contribution in [0.1, 0.15) is 19.3 Å². The topological polar surface area (TPSA) is 52.6 Å². The average Bonchev–Trinajstić information content (AvgIpc) is 2.57. The number of rotatable bonds is 6. The second kappa shape index (κ2) is 9.67. The monoisotopic (exact) mass is 454 g/mol. The first-order chi connectivity index (χ1) is 12.3. The fraction of sp³-hybridized carbons (Fsp3) is 0.176. The molecule has 0 radical (unpaired) electrons. The maximum Gasteiger partial charge on any atom is 0.311 e. The summed E-state index contributed by atoms with van der Waals surface area (Å²) in [7, 11) is 0. The predicted octanol–water partition coefficient (Wildman–Crippen LogP) is 6.63. The highest BCUT2D eigenvalue weighted by atomic mass is 35.5. The molecule has 0 unspecified atom stereocenters. The highest BCUT2D eigenvalue weighted by molar-refractivity contribution is 6.44. The predicted molar refractivity (Wildman–Crippen MR) is 103 cm³/mol. The van der Waals surface area contributed by atoms with Crippen LogP contribution in [0.4, 0.5) is 0 Å². The molecule has 26 heavy (non-hydrogen) atoms. The van der Waals surface area contributed by atoms with Crippen LogP contribution in [0.25, 0.3) is 0 Å². The van der Waals surface area contributed by atoms with Gasteiger partial charge >= 0.3 is 11.9 Å². The summed E-state index contributed by atoms with van der Waals surface area (Å²) in [4.78, 5) is 23.7. The van der Waals surface area contributed by atoms with E-state index in [0.717, 1.165) is 0 Å². The third-order valence-corrected chi connectivity index (χ3v) is 4.92. The zero-order chi connectivity index (χ0) is 19.3. The van der Waals surface area contributed by atoms with Crippen LogP contribution in [0.2, 0.25) is 25.1 Å².